The quantitative estimate of drug-likeness (QED) is 0.629. The number of aliphatic hydroxyl groups excluding tert-OH is 2. The number of hydrogen-bond acceptors (Lipinski definition) is 4. The smallest absolute Gasteiger partial charge is 0.194 e. The lowest BCUT2D eigenvalue weighted by atomic mass is 10.1. The molecule has 1 fully saturated rings. The van der Waals surface area contributed by atoms with Gasteiger partial charge in [-0.05, 0) is 6.92 Å². The van der Waals surface area contributed by atoms with Gasteiger partial charge in [0.25, 0.3) is 0 Å². The molecule has 72 valence electrons. The zero-order chi connectivity index (χ0) is 9.19. The van der Waals surface area contributed by atoms with Gasteiger partial charge in [-0.25, -0.2) is 0 Å². The second-order valence-electron chi connectivity index (χ2n) is 3.07. The Labute approximate surface area is 72.1 Å². The van der Waals surface area contributed by atoms with E-state index in [1.165, 1.54) is 0 Å². The van der Waals surface area contributed by atoms with Crippen LogP contribution in [0.5, 0.6) is 0 Å². The van der Waals surface area contributed by atoms with Crippen LogP contribution in [-0.4, -0.2) is 41.4 Å². The van der Waals surface area contributed by atoms with Crippen LogP contribution in [0.4, 0.5) is 0 Å². The maximum absolute atomic E-state index is 9.38. The van der Waals surface area contributed by atoms with Crippen LogP contribution in [0.15, 0.2) is 0 Å². The Kier molecular flexibility index (Phi) is 3.06. The van der Waals surface area contributed by atoms with Gasteiger partial charge in [-0.2, -0.15) is 0 Å². The summed E-state index contributed by atoms with van der Waals surface area (Å²) in [7, 11) is 0. The lowest BCUT2D eigenvalue weighted by molar-refractivity contribution is -0.226. The molecule has 0 bridgehead atoms. The highest BCUT2D eigenvalue weighted by Crippen LogP contribution is 2.30. The van der Waals surface area contributed by atoms with Crippen molar-refractivity contribution in [3.05, 3.63) is 0 Å². The van der Waals surface area contributed by atoms with Gasteiger partial charge in [-0.3, -0.25) is 0 Å². The van der Waals surface area contributed by atoms with E-state index < -0.39 is 11.9 Å². The molecule has 2 N–H and O–H groups in total. The van der Waals surface area contributed by atoms with Crippen molar-refractivity contribution < 1.29 is 19.7 Å². The molecule has 0 amide bonds. The highest BCUT2D eigenvalue weighted by atomic mass is 16.8. The number of ether oxygens (including phenoxy) is 2. The Morgan fingerprint density at radius 2 is 2.33 bits per heavy atom. The molecule has 1 aliphatic heterocycles. The topological polar surface area (TPSA) is 58.9 Å². The van der Waals surface area contributed by atoms with E-state index in [9.17, 15) is 5.11 Å². The Balaban J connectivity index is 2.59. The van der Waals surface area contributed by atoms with Crippen molar-refractivity contribution in [1.29, 1.82) is 0 Å². The number of hydrogen-bond donors (Lipinski definition) is 2. The van der Waals surface area contributed by atoms with Crippen molar-refractivity contribution >= 4 is 0 Å². The first-order valence-corrected chi connectivity index (χ1v) is 4.25. The van der Waals surface area contributed by atoms with Crippen LogP contribution in [0.3, 0.4) is 0 Å². The van der Waals surface area contributed by atoms with Gasteiger partial charge in [-0.15, -0.1) is 0 Å². The lowest BCUT2D eigenvalue weighted by Gasteiger charge is -2.29. The normalized spacial score (nSPS) is 38.5. The number of rotatable bonds is 3. The standard InChI is InChI=1S/C8H16O4/c1-3-8(6(2)10)11-5-7(4-9)12-8/h6-7,9-10H,3-5H2,1-2H3/t6?,7-,8+/m0/s1. The van der Waals surface area contributed by atoms with Gasteiger partial charge < -0.3 is 19.7 Å². The fraction of sp³-hybridized carbons (Fsp3) is 1.00. The zero-order valence-corrected chi connectivity index (χ0v) is 7.49. The second-order valence-corrected chi connectivity index (χ2v) is 3.07. The monoisotopic (exact) mass is 176 g/mol. The van der Waals surface area contributed by atoms with E-state index in [-0.39, 0.29) is 12.7 Å². The van der Waals surface area contributed by atoms with E-state index in [2.05, 4.69) is 0 Å². The van der Waals surface area contributed by atoms with E-state index in [1.54, 1.807) is 6.92 Å². The maximum Gasteiger partial charge on any atom is 0.194 e. The largest absolute Gasteiger partial charge is 0.394 e. The molecule has 0 spiro atoms. The Morgan fingerprint density at radius 1 is 1.67 bits per heavy atom. The second kappa shape index (κ2) is 3.70. The molecule has 3 atom stereocenters. The number of aliphatic hydroxyl groups is 2. The summed E-state index contributed by atoms with van der Waals surface area (Å²) < 4.78 is 10.7. The minimum atomic E-state index is -0.895. The van der Waals surface area contributed by atoms with Crippen LogP contribution in [0.1, 0.15) is 20.3 Å². The molecule has 4 nitrogen and oxygen atoms in total. The van der Waals surface area contributed by atoms with Gasteiger partial charge in [-0.1, -0.05) is 6.92 Å². The van der Waals surface area contributed by atoms with Crippen LogP contribution in [0, 0.1) is 0 Å². The van der Waals surface area contributed by atoms with E-state index in [4.69, 9.17) is 14.6 Å². The third-order valence-corrected chi connectivity index (χ3v) is 2.21. The van der Waals surface area contributed by atoms with Crippen LogP contribution in [0.2, 0.25) is 0 Å². The maximum atomic E-state index is 9.38. The summed E-state index contributed by atoms with van der Waals surface area (Å²) in [6.07, 6.45) is -0.375. The third kappa shape index (κ3) is 1.61. The van der Waals surface area contributed by atoms with Gasteiger partial charge in [0, 0.05) is 6.42 Å². The molecule has 4 heteroatoms. The molecule has 0 radical (unpaired) electrons. The minimum Gasteiger partial charge on any atom is -0.394 e. The van der Waals surface area contributed by atoms with Crippen molar-refractivity contribution in [1.82, 2.24) is 0 Å². The van der Waals surface area contributed by atoms with Crippen LogP contribution in [0.25, 0.3) is 0 Å². The summed E-state index contributed by atoms with van der Waals surface area (Å²) in [6.45, 7) is 3.80. The first-order chi connectivity index (χ1) is 5.64. The van der Waals surface area contributed by atoms with Crippen molar-refractivity contribution in [3.63, 3.8) is 0 Å². The molecule has 0 aromatic carbocycles. The summed E-state index contributed by atoms with van der Waals surface area (Å²) in [4.78, 5) is 0. The van der Waals surface area contributed by atoms with Crippen LogP contribution in [-0.2, 0) is 9.47 Å². The Hall–Kier alpha value is -0.160. The first-order valence-electron chi connectivity index (χ1n) is 4.25. The molecule has 12 heavy (non-hydrogen) atoms. The molecule has 0 aromatic rings. The molecule has 1 heterocycles. The highest BCUT2D eigenvalue weighted by molar-refractivity contribution is 4.82. The Bertz CT molecular complexity index is 148. The van der Waals surface area contributed by atoms with E-state index in [1.807, 2.05) is 6.92 Å². The van der Waals surface area contributed by atoms with Gasteiger partial charge in [0.05, 0.1) is 13.2 Å². The summed E-state index contributed by atoms with van der Waals surface area (Å²) in [5.74, 6) is -0.895. The van der Waals surface area contributed by atoms with Gasteiger partial charge in [0.15, 0.2) is 5.79 Å². The lowest BCUT2D eigenvalue weighted by Crippen LogP contribution is -2.41. The molecule has 1 rings (SSSR count). The summed E-state index contributed by atoms with van der Waals surface area (Å²) in [5, 5.41) is 18.2. The van der Waals surface area contributed by atoms with E-state index in [0.717, 1.165) is 0 Å². The van der Waals surface area contributed by atoms with Crippen molar-refractivity contribution in [3.8, 4) is 0 Å². The molecule has 0 aliphatic carbocycles. The fourth-order valence-corrected chi connectivity index (χ4v) is 1.37. The van der Waals surface area contributed by atoms with Gasteiger partial charge in [0.1, 0.15) is 12.2 Å². The minimum absolute atomic E-state index is 0.0610. The van der Waals surface area contributed by atoms with Gasteiger partial charge >= 0.3 is 0 Å². The summed E-state index contributed by atoms with van der Waals surface area (Å²) >= 11 is 0. The summed E-state index contributed by atoms with van der Waals surface area (Å²) in [5.41, 5.74) is 0. The summed E-state index contributed by atoms with van der Waals surface area (Å²) in [6, 6.07) is 0. The SMILES string of the molecule is CC[C@@]1(C(C)O)OC[C@H](CO)O1. The molecule has 1 aliphatic rings. The molecule has 1 saturated heterocycles. The zero-order valence-electron chi connectivity index (χ0n) is 7.49. The molecule has 1 unspecified atom stereocenters. The molecular weight excluding hydrogens is 160 g/mol. The fourth-order valence-electron chi connectivity index (χ4n) is 1.37. The van der Waals surface area contributed by atoms with Crippen LogP contribution >= 0.6 is 0 Å². The molecule has 0 aromatic heterocycles. The van der Waals surface area contributed by atoms with Crippen molar-refractivity contribution in [2.24, 2.45) is 0 Å². The van der Waals surface area contributed by atoms with Gasteiger partial charge in [0.2, 0.25) is 0 Å². The highest BCUT2D eigenvalue weighted by Gasteiger charge is 2.43. The Morgan fingerprint density at radius 3 is 2.58 bits per heavy atom. The first kappa shape index (κ1) is 9.92. The van der Waals surface area contributed by atoms with E-state index >= 15 is 0 Å². The van der Waals surface area contributed by atoms with Crippen molar-refractivity contribution in [2.75, 3.05) is 13.2 Å². The predicted octanol–water partition coefficient (Wildman–Crippen LogP) is -0.119. The third-order valence-electron chi connectivity index (χ3n) is 2.21. The van der Waals surface area contributed by atoms with E-state index in [0.29, 0.717) is 13.0 Å². The average molecular weight is 176 g/mol. The predicted molar refractivity (Wildman–Crippen MR) is 42.6 cm³/mol. The van der Waals surface area contributed by atoms with Crippen molar-refractivity contribution in [2.45, 2.75) is 38.3 Å². The average Bonchev–Trinajstić information content (AvgIpc) is 2.48. The molecular formula is C8H16O4. The molecule has 0 saturated carbocycles. The van der Waals surface area contributed by atoms with Crippen LogP contribution < -0.4 is 0 Å².